The highest BCUT2D eigenvalue weighted by molar-refractivity contribution is 7.91. The molecule has 0 unspecified atom stereocenters. The first-order valence-corrected chi connectivity index (χ1v) is 9.33. The Morgan fingerprint density at radius 2 is 2.35 bits per heavy atom. The maximum absolute atomic E-state index is 12.2. The third-order valence-corrected chi connectivity index (χ3v) is 5.83. The van der Waals surface area contributed by atoms with Crippen LogP contribution in [0.5, 0.6) is 0 Å². The van der Waals surface area contributed by atoms with Crippen molar-refractivity contribution in [3.8, 4) is 0 Å². The third kappa shape index (κ3) is 3.47. The molecule has 1 atom stereocenters. The first-order valence-electron chi connectivity index (χ1n) is 7.51. The minimum absolute atomic E-state index is 0.0923. The number of rotatable bonds is 5. The highest BCUT2D eigenvalue weighted by Gasteiger charge is 2.31. The number of furan rings is 1. The Bertz CT molecular complexity index is 793. The summed E-state index contributed by atoms with van der Waals surface area (Å²) in [6.07, 6.45) is 4.26. The Balaban J connectivity index is 1.63. The van der Waals surface area contributed by atoms with E-state index in [1.807, 2.05) is 6.07 Å². The van der Waals surface area contributed by atoms with Crippen LogP contribution in [0.15, 0.2) is 29.0 Å². The second-order valence-corrected chi connectivity index (χ2v) is 7.96. The van der Waals surface area contributed by atoms with Crippen LogP contribution < -0.4 is 5.32 Å². The number of carbonyl (C=O) groups is 1. The first-order chi connectivity index (χ1) is 11.0. The zero-order valence-electron chi connectivity index (χ0n) is 12.9. The molecule has 1 N–H and O–H groups in total. The minimum Gasteiger partial charge on any atom is -0.469 e. The van der Waals surface area contributed by atoms with Crippen LogP contribution in [-0.2, 0) is 16.3 Å². The van der Waals surface area contributed by atoms with Crippen LogP contribution in [-0.4, -0.2) is 42.2 Å². The predicted molar refractivity (Wildman–Crippen MR) is 84.0 cm³/mol. The Morgan fingerprint density at radius 3 is 3.00 bits per heavy atom. The quantitative estimate of drug-likeness (QED) is 0.882. The molecule has 23 heavy (non-hydrogen) atoms. The van der Waals surface area contributed by atoms with Crippen LogP contribution in [0, 0.1) is 6.92 Å². The summed E-state index contributed by atoms with van der Waals surface area (Å²) in [5.74, 6) is 0.881. The van der Waals surface area contributed by atoms with E-state index in [4.69, 9.17) is 4.42 Å². The van der Waals surface area contributed by atoms with Crippen molar-refractivity contribution in [1.82, 2.24) is 15.1 Å². The van der Waals surface area contributed by atoms with Gasteiger partial charge in [0.1, 0.15) is 5.76 Å². The van der Waals surface area contributed by atoms with Crippen LogP contribution in [0.2, 0.25) is 0 Å². The van der Waals surface area contributed by atoms with E-state index in [9.17, 15) is 13.2 Å². The van der Waals surface area contributed by atoms with Crippen LogP contribution in [0.1, 0.15) is 34.3 Å². The molecule has 1 saturated heterocycles. The van der Waals surface area contributed by atoms with E-state index in [2.05, 4.69) is 10.4 Å². The van der Waals surface area contributed by atoms with E-state index in [0.717, 1.165) is 5.76 Å². The Labute approximate surface area is 134 Å². The summed E-state index contributed by atoms with van der Waals surface area (Å²) in [5, 5.41) is 7.04. The van der Waals surface area contributed by atoms with Crippen molar-refractivity contribution >= 4 is 15.7 Å². The summed E-state index contributed by atoms with van der Waals surface area (Å²) >= 11 is 0. The average molecular weight is 337 g/mol. The number of hydrogen-bond donors (Lipinski definition) is 1. The second-order valence-electron chi connectivity index (χ2n) is 5.73. The largest absolute Gasteiger partial charge is 0.469 e. The summed E-state index contributed by atoms with van der Waals surface area (Å²) < 4.78 is 30.1. The second kappa shape index (κ2) is 6.19. The number of carbonyl (C=O) groups excluding carboxylic acids is 1. The highest BCUT2D eigenvalue weighted by atomic mass is 32.2. The van der Waals surface area contributed by atoms with E-state index in [1.54, 1.807) is 23.9 Å². The Morgan fingerprint density at radius 1 is 1.52 bits per heavy atom. The molecule has 0 spiro atoms. The summed E-state index contributed by atoms with van der Waals surface area (Å²) in [4.78, 5) is 12.2. The van der Waals surface area contributed by atoms with Gasteiger partial charge in [-0.1, -0.05) is 0 Å². The van der Waals surface area contributed by atoms with Crippen molar-refractivity contribution in [3.63, 3.8) is 0 Å². The summed E-state index contributed by atoms with van der Waals surface area (Å²) in [7, 11) is -2.98. The van der Waals surface area contributed by atoms with E-state index in [-0.39, 0.29) is 23.5 Å². The van der Waals surface area contributed by atoms with Crippen LogP contribution in [0.3, 0.4) is 0 Å². The molecule has 0 saturated carbocycles. The topological polar surface area (TPSA) is 94.2 Å². The zero-order chi connectivity index (χ0) is 16.4. The molecule has 1 fully saturated rings. The molecule has 7 nitrogen and oxygen atoms in total. The van der Waals surface area contributed by atoms with Crippen LogP contribution in [0.4, 0.5) is 0 Å². The number of amides is 1. The molecule has 124 valence electrons. The molecule has 3 heterocycles. The van der Waals surface area contributed by atoms with Gasteiger partial charge in [0.15, 0.2) is 9.84 Å². The fraction of sp³-hybridized carbons (Fsp3) is 0.467. The first kappa shape index (κ1) is 15.8. The molecule has 8 heteroatoms. The average Bonchev–Trinajstić information content (AvgIpc) is 3.19. The van der Waals surface area contributed by atoms with Crippen molar-refractivity contribution in [2.75, 3.05) is 18.1 Å². The fourth-order valence-electron chi connectivity index (χ4n) is 2.83. The van der Waals surface area contributed by atoms with E-state index < -0.39 is 9.84 Å². The van der Waals surface area contributed by atoms with Gasteiger partial charge >= 0.3 is 0 Å². The monoisotopic (exact) mass is 337 g/mol. The number of nitrogens with zero attached hydrogens (tertiary/aromatic N) is 2. The lowest BCUT2D eigenvalue weighted by Gasteiger charge is -2.11. The molecule has 2 aromatic rings. The van der Waals surface area contributed by atoms with E-state index in [0.29, 0.717) is 30.6 Å². The molecule has 2 aromatic heterocycles. The normalized spacial score (nSPS) is 19.8. The van der Waals surface area contributed by atoms with Gasteiger partial charge in [-0.15, -0.1) is 0 Å². The van der Waals surface area contributed by atoms with Crippen LogP contribution >= 0.6 is 0 Å². The Kier molecular flexibility index (Phi) is 4.25. The number of aromatic nitrogens is 2. The van der Waals surface area contributed by atoms with Gasteiger partial charge in [0, 0.05) is 18.7 Å². The van der Waals surface area contributed by atoms with Gasteiger partial charge in [-0.2, -0.15) is 5.10 Å². The summed E-state index contributed by atoms with van der Waals surface area (Å²) in [6.45, 7) is 2.26. The molecule has 1 aliphatic heterocycles. The van der Waals surface area contributed by atoms with Crippen molar-refractivity contribution in [3.05, 3.63) is 41.6 Å². The lowest BCUT2D eigenvalue weighted by Crippen LogP contribution is -2.26. The molecular formula is C15H19N3O4S. The Hall–Kier alpha value is -2.09. The fourth-order valence-corrected chi connectivity index (χ4v) is 4.52. The minimum atomic E-state index is -2.98. The van der Waals surface area contributed by atoms with Crippen molar-refractivity contribution in [2.45, 2.75) is 25.8 Å². The third-order valence-electron chi connectivity index (χ3n) is 4.08. The molecule has 3 rings (SSSR count). The number of nitrogens with one attached hydrogen (secondary N) is 1. The van der Waals surface area contributed by atoms with Crippen molar-refractivity contribution < 1.29 is 17.6 Å². The van der Waals surface area contributed by atoms with Crippen molar-refractivity contribution in [1.29, 1.82) is 0 Å². The molecule has 1 aliphatic rings. The van der Waals surface area contributed by atoms with Gasteiger partial charge < -0.3 is 9.73 Å². The lowest BCUT2D eigenvalue weighted by atomic mass is 10.2. The van der Waals surface area contributed by atoms with Gasteiger partial charge in [-0.3, -0.25) is 9.48 Å². The highest BCUT2D eigenvalue weighted by Crippen LogP contribution is 2.25. The van der Waals surface area contributed by atoms with Crippen LogP contribution in [0.25, 0.3) is 0 Å². The molecule has 0 bridgehead atoms. The molecule has 0 aromatic carbocycles. The summed E-state index contributed by atoms with van der Waals surface area (Å²) in [6, 6.07) is 3.49. The predicted octanol–water partition coefficient (Wildman–Crippen LogP) is 1.12. The van der Waals surface area contributed by atoms with Gasteiger partial charge in [0.05, 0.1) is 35.6 Å². The molecular weight excluding hydrogens is 318 g/mol. The lowest BCUT2D eigenvalue weighted by molar-refractivity contribution is 0.0953. The standard InChI is InChI=1S/C15H19N3O4S/c1-11-14(15(19)16-6-4-13-3-2-7-22-13)9-17-18(11)12-5-8-23(20,21)10-12/h2-3,7,9,12H,4-6,8,10H2,1H3,(H,16,19)/t12-/m1/s1. The van der Waals surface area contributed by atoms with Gasteiger partial charge in [-0.05, 0) is 25.5 Å². The van der Waals surface area contributed by atoms with Gasteiger partial charge in [0.2, 0.25) is 0 Å². The molecule has 0 aliphatic carbocycles. The van der Waals surface area contributed by atoms with E-state index in [1.165, 1.54) is 6.20 Å². The number of sulfone groups is 1. The maximum atomic E-state index is 12.2. The summed E-state index contributed by atoms with van der Waals surface area (Å²) in [5.41, 5.74) is 1.18. The number of hydrogen-bond acceptors (Lipinski definition) is 5. The van der Waals surface area contributed by atoms with Crippen molar-refractivity contribution in [2.24, 2.45) is 0 Å². The maximum Gasteiger partial charge on any atom is 0.254 e. The van der Waals surface area contributed by atoms with E-state index >= 15 is 0 Å². The molecule has 0 radical (unpaired) electrons. The van der Waals surface area contributed by atoms with Gasteiger partial charge in [0.25, 0.3) is 5.91 Å². The zero-order valence-corrected chi connectivity index (χ0v) is 13.7. The SMILES string of the molecule is Cc1c(C(=O)NCCc2ccco2)cnn1[C@@H]1CCS(=O)(=O)C1. The smallest absolute Gasteiger partial charge is 0.254 e. The molecule has 1 amide bonds. The van der Waals surface area contributed by atoms with Gasteiger partial charge in [-0.25, -0.2) is 8.42 Å².